The maximum absolute atomic E-state index is 13.6. The lowest BCUT2D eigenvalue weighted by molar-refractivity contribution is -0.151. The molecule has 0 aliphatic carbocycles. The average Bonchev–Trinajstić information content (AvgIpc) is 2.75. The molecule has 2 heterocycles. The van der Waals surface area contributed by atoms with Gasteiger partial charge in [0.25, 0.3) is 0 Å². The van der Waals surface area contributed by atoms with Crippen molar-refractivity contribution in [2.45, 2.75) is 45.0 Å². The van der Waals surface area contributed by atoms with E-state index in [0.717, 1.165) is 42.0 Å². The number of morpholine rings is 1. The smallest absolute Gasteiger partial charge is 0.170 e. The van der Waals surface area contributed by atoms with Crippen molar-refractivity contribution in [3.63, 3.8) is 0 Å². The summed E-state index contributed by atoms with van der Waals surface area (Å²) in [6, 6.07) is 16.0. The molecule has 2 N–H and O–H groups in total. The van der Waals surface area contributed by atoms with Crippen molar-refractivity contribution in [2.75, 3.05) is 26.2 Å². The van der Waals surface area contributed by atoms with Gasteiger partial charge in [-0.1, -0.05) is 30.3 Å². The van der Waals surface area contributed by atoms with Gasteiger partial charge >= 0.3 is 0 Å². The Hall–Kier alpha value is -2.21. The van der Waals surface area contributed by atoms with Crippen LogP contribution in [0.15, 0.2) is 48.5 Å². The van der Waals surface area contributed by atoms with Crippen LogP contribution in [-0.2, 0) is 4.74 Å². The first-order valence-corrected chi connectivity index (χ1v) is 10.9. The van der Waals surface area contributed by atoms with Crippen molar-refractivity contribution in [1.82, 2.24) is 10.6 Å². The number of hydrogen-bond acceptors (Lipinski definition) is 5. The van der Waals surface area contributed by atoms with E-state index in [2.05, 4.69) is 22.8 Å². The van der Waals surface area contributed by atoms with Crippen LogP contribution in [0, 0.1) is 12.8 Å². The molecule has 0 bridgehead atoms. The summed E-state index contributed by atoms with van der Waals surface area (Å²) in [5.41, 5.74) is 2.36. The number of carbonyl (C=O) groups excluding carboxylic acids is 1. The zero-order valence-corrected chi connectivity index (χ0v) is 18.1. The summed E-state index contributed by atoms with van der Waals surface area (Å²) in [4.78, 5) is 13.6. The molecule has 5 nitrogen and oxygen atoms in total. The van der Waals surface area contributed by atoms with Crippen LogP contribution in [0.25, 0.3) is 0 Å². The highest BCUT2D eigenvalue weighted by Gasteiger charge is 2.49. The number of piperidine rings is 1. The van der Waals surface area contributed by atoms with Crippen LogP contribution in [0.1, 0.15) is 47.9 Å². The van der Waals surface area contributed by atoms with E-state index in [1.54, 1.807) is 0 Å². The Morgan fingerprint density at radius 3 is 2.67 bits per heavy atom. The molecule has 0 aromatic heterocycles. The molecule has 3 unspecified atom stereocenters. The van der Waals surface area contributed by atoms with E-state index < -0.39 is 5.60 Å². The third kappa shape index (κ3) is 4.29. The Labute approximate surface area is 179 Å². The third-order valence-corrected chi connectivity index (χ3v) is 6.15. The van der Waals surface area contributed by atoms with Gasteiger partial charge in [0.05, 0.1) is 23.7 Å². The second-order valence-electron chi connectivity index (χ2n) is 8.73. The molecule has 2 aromatic carbocycles. The molecule has 3 atom stereocenters. The fraction of sp³-hybridized carbons (Fsp3) is 0.480. The van der Waals surface area contributed by atoms with E-state index in [4.69, 9.17) is 9.47 Å². The topological polar surface area (TPSA) is 59.6 Å². The van der Waals surface area contributed by atoms with Crippen LogP contribution >= 0.6 is 0 Å². The Morgan fingerprint density at radius 1 is 1.13 bits per heavy atom. The molecule has 2 aliphatic rings. The predicted molar refractivity (Wildman–Crippen MR) is 118 cm³/mol. The van der Waals surface area contributed by atoms with Crippen LogP contribution in [0.5, 0.6) is 5.75 Å². The van der Waals surface area contributed by atoms with E-state index >= 15 is 0 Å². The number of carbonyl (C=O) groups is 1. The van der Waals surface area contributed by atoms with Crippen LogP contribution in [0.2, 0.25) is 0 Å². The molecule has 2 aromatic rings. The SMILES string of the molecule is Cc1cc(C(=O)C2CNCCC23CNCC(c2ccccc2)O3)ccc1OC(C)C. The van der Waals surface area contributed by atoms with Gasteiger partial charge in [-0.25, -0.2) is 0 Å². The minimum absolute atomic E-state index is 0.0445. The molecule has 2 aliphatic heterocycles. The molecule has 0 radical (unpaired) electrons. The average molecular weight is 409 g/mol. The first-order valence-electron chi connectivity index (χ1n) is 10.9. The highest BCUT2D eigenvalue weighted by molar-refractivity contribution is 5.99. The molecule has 2 saturated heterocycles. The van der Waals surface area contributed by atoms with Gasteiger partial charge in [0.2, 0.25) is 0 Å². The standard InChI is InChI=1S/C25H32N2O3/c1-17(2)29-22-10-9-20(13-18(22)3)24(28)21-14-26-12-11-25(21)16-27-15-23(30-25)19-7-5-4-6-8-19/h4-10,13,17,21,23,26-27H,11-12,14-16H2,1-3H3. The number of rotatable bonds is 5. The van der Waals surface area contributed by atoms with Crippen LogP contribution in [0.4, 0.5) is 0 Å². The first kappa shape index (κ1) is 21.0. The quantitative estimate of drug-likeness (QED) is 0.739. The lowest BCUT2D eigenvalue weighted by atomic mass is 9.75. The van der Waals surface area contributed by atoms with Gasteiger partial charge in [-0.2, -0.15) is 0 Å². The summed E-state index contributed by atoms with van der Waals surface area (Å²) in [6.45, 7) is 8.95. The molecule has 5 heteroatoms. The molecule has 0 amide bonds. The second-order valence-corrected chi connectivity index (χ2v) is 8.73. The molecule has 160 valence electrons. The van der Waals surface area contributed by atoms with E-state index in [9.17, 15) is 4.79 Å². The fourth-order valence-corrected chi connectivity index (χ4v) is 4.62. The zero-order valence-electron chi connectivity index (χ0n) is 18.1. The summed E-state index contributed by atoms with van der Waals surface area (Å²) >= 11 is 0. The Kier molecular flexibility index (Phi) is 6.23. The molecule has 30 heavy (non-hydrogen) atoms. The first-order chi connectivity index (χ1) is 14.5. The number of aryl methyl sites for hydroxylation is 1. The summed E-state index contributed by atoms with van der Waals surface area (Å²) in [5, 5.41) is 6.96. The number of ether oxygens (including phenoxy) is 2. The van der Waals surface area contributed by atoms with Crippen LogP contribution in [-0.4, -0.2) is 43.7 Å². The number of Topliss-reactive ketones (excluding diaryl/α,β-unsaturated/α-hetero) is 1. The van der Waals surface area contributed by atoms with E-state index in [1.165, 1.54) is 0 Å². The monoisotopic (exact) mass is 408 g/mol. The van der Waals surface area contributed by atoms with Crippen molar-refractivity contribution in [1.29, 1.82) is 0 Å². The largest absolute Gasteiger partial charge is 0.491 e. The normalized spacial score (nSPS) is 26.7. The Bertz CT molecular complexity index is 879. The summed E-state index contributed by atoms with van der Waals surface area (Å²) in [5.74, 6) is 0.733. The van der Waals surface area contributed by atoms with Gasteiger partial charge in [0.1, 0.15) is 5.75 Å². The third-order valence-electron chi connectivity index (χ3n) is 6.15. The number of ketones is 1. The molecule has 4 rings (SSSR count). The highest BCUT2D eigenvalue weighted by Crippen LogP contribution is 2.38. The van der Waals surface area contributed by atoms with Crippen molar-refractivity contribution in [3.8, 4) is 5.75 Å². The highest BCUT2D eigenvalue weighted by atomic mass is 16.5. The summed E-state index contributed by atoms with van der Waals surface area (Å²) in [6.07, 6.45) is 0.873. The molecule has 2 fully saturated rings. The van der Waals surface area contributed by atoms with Gasteiger partial charge in [-0.3, -0.25) is 4.79 Å². The van der Waals surface area contributed by atoms with Crippen molar-refractivity contribution < 1.29 is 14.3 Å². The van der Waals surface area contributed by atoms with Crippen molar-refractivity contribution in [2.24, 2.45) is 5.92 Å². The minimum Gasteiger partial charge on any atom is -0.491 e. The minimum atomic E-state index is -0.498. The predicted octanol–water partition coefficient (Wildman–Crippen LogP) is 3.67. The van der Waals surface area contributed by atoms with Gasteiger partial charge in [-0.05, 0) is 63.1 Å². The van der Waals surface area contributed by atoms with E-state index in [-0.39, 0.29) is 23.9 Å². The van der Waals surface area contributed by atoms with Crippen LogP contribution in [0.3, 0.4) is 0 Å². The van der Waals surface area contributed by atoms with Crippen molar-refractivity contribution >= 4 is 5.78 Å². The van der Waals surface area contributed by atoms with E-state index in [0.29, 0.717) is 13.1 Å². The fourth-order valence-electron chi connectivity index (χ4n) is 4.62. The summed E-state index contributed by atoms with van der Waals surface area (Å²) in [7, 11) is 0. The zero-order chi connectivity index (χ0) is 21.1. The van der Waals surface area contributed by atoms with Gasteiger partial charge in [0, 0.05) is 25.2 Å². The van der Waals surface area contributed by atoms with Gasteiger partial charge in [0.15, 0.2) is 5.78 Å². The lowest BCUT2D eigenvalue weighted by Gasteiger charge is -2.48. The van der Waals surface area contributed by atoms with Gasteiger partial charge in [-0.15, -0.1) is 0 Å². The Morgan fingerprint density at radius 2 is 1.93 bits per heavy atom. The molecule has 0 saturated carbocycles. The van der Waals surface area contributed by atoms with Crippen LogP contribution < -0.4 is 15.4 Å². The summed E-state index contributed by atoms with van der Waals surface area (Å²) < 4.78 is 12.6. The molecular formula is C25H32N2O3. The molecule has 1 spiro atoms. The van der Waals surface area contributed by atoms with Crippen molar-refractivity contribution in [3.05, 3.63) is 65.2 Å². The maximum atomic E-state index is 13.6. The molecular weight excluding hydrogens is 376 g/mol. The lowest BCUT2D eigenvalue weighted by Crippen LogP contribution is -2.62. The Balaban J connectivity index is 1.59. The van der Waals surface area contributed by atoms with E-state index in [1.807, 2.05) is 57.2 Å². The maximum Gasteiger partial charge on any atom is 0.170 e. The number of benzene rings is 2. The van der Waals surface area contributed by atoms with Gasteiger partial charge < -0.3 is 20.1 Å². The number of hydrogen-bond donors (Lipinski definition) is 2. The number of nitrogens with one attached hydrogen (secondary N) is 2. The second kappa shape index (κ2) is 8.88.